The first-order chi connectivity index (χ1) is 6.22. The van der Waals surface area contributed by atoms with Gasteiger partial charge < -0.3 is 9.47 Å². The largest absolute Gasteiger partial charge is 0.461 e. The third kappa shape index (κ3) is 6.14. The first kappa shape index (κ1) is 11.9. The Balaban J connectivity index is 3.39. The van der Waals surface area contributed by atoms with Crippen LogP contribution in [0.2, 0.25) is 0 Å². The van der Waals surface area contributed by atoms with E-state index in [-0.39, 0.29) is 18.2 Å². The van der Waals surface area contributed by atoms with E-state index in [2.05, 4.69) is 11.3 Å². The van der Waals surface area contributed by atoms with Gasteiger partial charge in [0.05, 0.1) is 13.2 Å². The SMILES string of the molecule is C=C(C#N)C(=O)OCCCOCCl. The van der Waals surface area contributed by atoms with Gasteiger partial charge in [-0.15, -0.1) is 0 Å². The smallest absolute Gasteiger partial charge is 0.348 e. The number of carbonyl (C=O) groups excluding carboxylic acids is 1. The maximum atomic E-state index is 10.8. The van der Waals surface area contributed by atoms with Crippen LogP contribution in [0.3, 0.4) is 0 Å². The van der Waals surface area contributed by atoms with Crippen molar-refractivity contribution in [3.05, 3.63) is 12.2 Å². The van der Waals surface area contributed by atoms with E-state index in [1.54, 1.807) is 6.07 Å². The fourth-order valence-corrected chi connectivity index (χ4v) is 0.622. The molecule has 0 saturated heterocycles. The van der Waals surface area contributed by atoms with Crippen molar-refractivity contribution in [3.8, 4) is 6.07 Å². The normalized spacial score (nSPS) is 8.92. The zero-order valence-electron chi connectivity index (χ0n) is 7.09. The van der Waals surface area contributed by atoms with Crippen molar-refractivity contribution in [2.24, 2.45) is 0 Å². The molecule has 0 saturated carbocycles. The van der Waals surface area contributed by atoms with E-state index in [9.17, 15) is 4.79 Å². The average Bonchev–Trinajstić information content (AvgIpc) is 2.16. The van der Waals surface area contributed by atoms with Gasteiger partial charge >= 0.3 is 5.97 Å². The van der Waals surface area contributed by atoms with Crippen LogP contribution in [0.1, 0.15) is 6.42 Å². The van der Waals surface area contributed by atoms with Crippen molar-refractivity contribution in [3.63, 3.8) is 0 Å². The van der Waals surface area contributed by atoms with E-state index in [0.717, 1.165) is 0 Å². The van der Waals surface area contributed by atoms with E-state index in [0.29, 0.717) is 13.0 Å². The first-order valence-electron chi connectivity index (χ1n) is 3.62. The first-order valence-corrected chi connectivity index (χ1v) is 4.15. The molecule has 0 rings (SSSR count). The number of halogens is 1. The number of nitrogens with zero attached hydrogens (tertiary/aromatic N) is 1. The van der Waals surface area contributed by atoms with Crippen LogP contribution in [0.15, 0.2) is 12.2 Å². The Kier molecular flexibility index (Phi) is 6.98. The molecule has 0 N–H and O–H groups in total. The summed E-state index contributed by atoms with van der Waals surface area (Å²) < 4.78 is 9.45. The molecular formula is C8H10ClNO3. The highest BCUT2D eigenvalue weighted by atomic mass is 35.5. The fraction of sp³-hybridized carbons (Fsp3) is 0.500. The molecule has 0 aliphatic carbocycles. The second-order valence-electron chi connectivity index (χ2n) is 2.10. The summed E-state index contributed by atoms with van der Waals surface area (Å²) in [5, 5.41) is 8.25. The van der Waals surface area contributed by atoms with Gasteiger partial charge in [-0.3, -0.25) is 0 Å². The Morgan fingerprint density at radius 2 is 2.23 bits per heavy atom. The number of hydrogen-bond acceptors (Lipinski definition) is 4. The van der Waals surface area contributed by atoms with Crippen molar-refractivity contribution in [2.45, 2.75) is 6.42 Å². The van der Waals surface area contributed by atoms with Gasteiger partial charge in [-0.2, -0.15) is 5.26 Å². The number of ether oxygens (including phenoxy) is 2. The standard InChI is InChI=1S/C8H10ClNO3/c1-7(5-10)8(11)13-4-2-3-12-6-9/h1-4,6H2. The van der Waals surface area contributed by atoms with Crippen LogP contribution in [0.4, 0.5) is 0 Å². The highest BCUT2D eigenvalue weighted by Gasteiger charge is 2.05. The van der Waals surface area contributed by atoms with Crippen LogP contribution in [0.5, 0.6) is 0 Å². The highest BCUT2D eigenvalue weighted by molar-refractivity contribution is 6.17. The molecule has 0 aromatic carbocycles. The number of rotatable bonds is 6. The Hall–Kier alpha value is -1.05. The summed E-state index contributed by atoms with van der Waals surface area (Å²) in [6, 6.07) is 1.72. The number of hydrogen-bond donors (Lipinski definition) is 0. The van der Waals surface area contributed by atoms with Crippen molar-refractivity contribution in [1.82, 2.24) is 0 Å². The van der Waals surface area contributed by atoms with Crippen molar-refractivity contribution in [1.29, 1.82) is 5.26 Å². The van der Waals surface area contributed by atoms with Gasteiger partial charge in [0.1, 0.15) is 17.7 Å². The number of carbonyl (C=O) groups is 1. The Labute approximate surface area is 81.7 Å². The second kappa shape index (κ2) is 7.59. The summed E-state index contributed by atoms with van der Waals surface area (Å²) in [5.74, 6) is -0.687. The van der Waals surface area contributed by atoms with Crippen LogP contribution >= 0.6 is 11.6 Å². The van der Waals surface area contributed by atoms with Gasteiger partial charge in [0.2, 0.25) is 0 Å². The van der Waals surface area contributed by atoms with Crippen molar-refractivity contribution < 1.29 is 14.3 Å². The summed E-state index contributed by atoms with van der Waals surface area (Å²) in [7, 11) is 0. The fourth-order valence-electron chi connectivity index (χ4n) is 0.513. The maximum absolute atomic E-state index is 10.8. The summed E-state index contributed by atoms with van der Waals surface area (Å²) in [6.45, 7) is 3.83. The molecule has 0 aliphatic rings. The predicted molar refractivity (Wildman–Crippen MR) is 47.0 cm³/mol. The van der Waals surface area contributed by atoms with E-state index in [1.807, 2.05) is 0 Å². The molecule has 13 heavy (non-hydrogen) atoms. The lowest BCUT2D eigenvalue weighted by Gasteiger charge is -2.02. The second-order valence-corrected chi connectivity index (χ2v) is 2.32. The van der Waals surface area contributed by atoms with E-state index < -0.39 is 5.97 Å². The lowest BCUT2D eigenvalue weighted by atomic mass is 10.3. The summed E-state index contributed by atoms with van der Waals surface area (Å²) in [4.78, 5) is 10.8. The van der Waals surface area contributed by atoms with Crippen molar-refractivity contribution in [2.75, 3.05) is 19.3 Å². The number of nitriles is 1. The zero-order chi connectivity index (χ0) is 10.1. The van der Waals surface area contributed by atoms with E-state index in [4.69, 9.17) is 21.6 Å². The highest BCUT2D eigenvalue weighted by Crippen LogP contribution is 1.94. The quantitative estimate of drug-likeness (QED) is 0.214. The minimum absolute atomic E-state index is 0.124. The van der Waals surface area contributed by atoms with Gasteiger partial charge in [-0.05, 0) is 0 Å². The molecule has 0 bridgehead atoms. The molecule has 0 atom stereocenters. The third-order valence-corrected chi connectivity index (χ3v) is 1.28. The van der Waals surface area contributed by atoms with Crippen molar-refractivity contribution >= 4 is 17.6 Å². The molecule has 0 fully saturated rings. The average molecular weight is 204 g/mol. The molecule has 0 aromatic heterocycles. The molecule has 0 amide bonds. The summed E-state index contributed by atoms with van der Waals surface area (Å²) in [6.07, 6.45) is 0.553. The lowest BCUT2D eigenvalue weighted by Crippen LogP contribution is -2.08. The zero-order valence-corrected chi connectivity index (χ0v) is 7.84. The van der Waals surface area contributed by atoms with Gasteiger partial charge in [0.15, 0.2) is 0 Å². The maximum Gasteiger partial charge on any atom is 0.348 e. The molecule has 0 spiro atoms. The number of alkyl halides is 1. The minimum Gasteiger partial charge on any atom is -0.461 e. The Morgan fingerprint density at radius 1 is 1.54 bits per heavy atom. The molecule has 4 nitrogen and oxygen atoms in total. The number of esters is 1. The monoisotopic (exact) mass is 203 g/mol. The molecule has 0 radical (unpaired) electrons. The van der Waals surface area contributed by atoms with Gasteiger partial charge in [-0.25, -0.2) is 4.79 Å². The molecular weight excluding hydrogens is 194 g/mol. The van der Waals surface area contributed by atoms with Gasteiger partial charge in [0, 0.05) is 6.42 Å². The third-order valence-electron chi connectivity index (χ3n) is 1.12. The molecule has 5 heteroatoms. The molecule has 72 valence electrons. The van der Waals surface area contributed by atoms with Gasteiger partial charge in [0.25, 0.3) is 0 Å². The van der Waals surface area contributed by atoms with Crippen LogP contribution in [0.25, 0.3) is 0 Å². The Morgan fingerprint density at radius 3 is 2.77 bits per heavy atom. The lowest BCUT2D eigenvalue weighted by molar-refractivity contribution is -0.138. The predicted octanol–water partition coefficient (Wildman–Crippen LogP) is 1.21. The topological polar surface area (TPSA) is 59.3 Å². The molecule has 0 aliphatic heterocycles. The summed E-state index contributed by atoms with van der Waals surface area (Å²) >= 11 is 5.23. The van der Waals surface area contributed by atoms with E-state index in [1.165, 1.54) is 0 Å². The summed E-state index contributed by atoms with van der Waals surface area (Å²) in [5.41, 5.74) is -0.196. The van der Waals surface area contributed by atoms with Crippen LogP contribution in [-0.4, -0.2) is 25.2 Å². The van der Waals surface area contributed by atoms with Crippen LogP contribution < -0.4 is 0 Å². The van der Waals surface area contributed by atoms with Crippen LogP contribution in [-0.2, 0) is 14.3 Å². The molecule has 0 unspecified atom stereocenters. The van der Waals surface area contributed by atoms with Crippen LogP contribution in [0, 0.1) is 11.3 Å². The minimum atomic E-state index is -0.687. The molecule has 0 heterocycles. The van der Waals surface area contributed by atoms with Gasteiger partial charge in [-0.1, -0.05) is 18.2 Å². The van der Waals surface area contributed by atoms with E-state index >= 15 is 0 Å². The Bertz CT molecular complexity index is 222. The molecule has 0 aromatic rings.